The third-order valence-corrected chi connectivity index (χ3v) is 4.17. The van der Waals surface area contributed by atoms with Crippen LogP contribution in [0, 0.1) is 0 Å². The Labute approximate surface area is 164 Å². The van der Waals surface area contributed by atoms with E-state index < -0.39 is 0 Å². The molecule has 0 spiro atoms. The van der Waals surface area contributed by atoms with E-state index in [4.69, 9.17) is 9.47 Å². The molecular formula is C22H23N3O3. The van der Waals surface area contributed by atoms with E-state index in [0.717, 1.165) is 29.2 Å². The minimum Gasteiger partial charge on any atom is -0.497 e. The molecule has 144 valence electrons. The zero-order chi connectivity index (χ0) is 19.8. The summed E-state index contributed by atoms with van der Waals surface area (Å²) in [6, 6.07) is 14.9. The lowest BCUT2D eigenvalue weighted by atomic mass is 10.1. The molecule has 0 aliphatic rings. The van der Waals surface area contributed by atoms with Crippen LogP contribution in [0.1, 0.15) is 12.5 Å². The number of nitrogens with one attached hydrogen (secondary N) is 1. The van der Waals surface area contributed by atoms with Gasteiger partial charge in [0, 0.05) is 24.2 Å². The Morgan fingerprint density at radius 3 is 2.71 bits per heavy atom. The molecule has 0 fully saturated rings. The molecule has 0 aliphatic carbocycles. The Hall–Kier alpha value is -3.54. The van der Waals surface area contributed by atoms with Gasteiger partial charge in [-0.05, 0) is 54.5 Å². The molecular weight excluding hydrogens is 354 g/mol. The van der Waals surface area contributed by atoms with Crippen molar-refractivity contribution in [2.75, 3.05) is 19.0 Å². The van der Waals surface area contributed by atoms with Crippen LogP contribution in [-0.4, -0.2) is 29.2 Å². The predicted molar refractivity (Wildman–Crippen MR) is 109 cm³/mol. The molecule has 1 heterocycles. The van der Waals surface area contributed by atoms with Crippen LogP contribution >= 0.6 is 0 Å². The summed E-state index contributed by atoms with van der Waals surface area (Å²) in [5, 5.41) is 2.86. The molecule has 28 heavy (non-hydrogen) atoms. The molecule has 1 aromatic heterocycles. The maximum atomic E-state index is 12.3. The van der Waals surface area contributed by atoms with Crippen LogP contribution in [0.3, 0.4) is 0 Å². The highest BCUT2D eigenvalue weighted by molar-refractivity contribution is 6.03. The topological polar surface area (TPSA) is 65.4 Å². The van der Waals surface area contributed by atoms with Crippen molar-refractivity contribution < 1.29 is 14.3 Å². The number of hydrogen-bond acceptors (Lipinski definition) is 4. The standard InChI is InChI=1S/C22H23N3O3/c1-17(18-4-3-5-21(15-18)27-2)14-22(26)24-19-6-8-20(9-7-19)28-13-12-25-11-10-23-16-25/h3-11,14-16H,12-13H2,1-2H3,(H,24,26)/b17-14+. The molecule has 1 N–H and O–H groups in total. The summed E-state index contributed by atoms with van der Waals surface area (Å²) < 4.78 is 12.9. The molecule has 0 atom stereocenters. The Bertz CT molecular complexity index is 932. The zero-order valence-corrected chi connectivity index (χ0v) is 16.0. The normalized spacial score (nSPS) is 11.1. The van der Waals surface area contributed by atoms with Gasteiger partial charge in [-0.2, -0.15) is 0 Å². The van der Waals surface area contributed by atoms with Gasteiger partial charge in [-0.3, -0.25) is 4.79 Å². The molecule has 0 aliphatic heterocycles. The molecule has 1 amide bonds. The number of anilines is 1. The Morgan fingerprint density at radius 2 is 2.00 bits per heavy atom. The number of amides is 1. The lowest BCUT2D eigenvalue weighted by molar-refractivity contribution is -0.111. The number of rotatable bonds is 8. The van der Waals surface area contributed by atoms with Crippen LogP contribution in [0.25, 0.3) is 5.57 Å². The Balaban J connectivity index is 1.53. The fourth-order valence-corrected chi connectivity index (χ4v) is 2.65. The summed E-state index contributed by atoms with van der Waals surface area (Å²) in [5.74, 6) is 1.32. The van der Waals surface area contributed by atoms with Crippen molar-refractivity contribution >= 4 is 17.2 Å². The summed E-state index contributed by atoms with van der Waals surface area (Å²) >= 11 is 0. The number of carbonyl (C=O) groups is 1. The van der Waals surface area contributed by atoms with Crippen molar-refractivity contribution in [3.05, 3.63) is 78.9 Å². The fraction of sp³-hybridized carbons (Fsp3) is 0.182. The minimum absolute atomic E-state index is 0.186. The number of benzene rings is 2. The van der Waals surface area contributed by atoms with Gasteiger partial charge in [0.05, 0.1) is 20.0 Å². The highest BCUT2D eigenvalue weighted by Crippen LogP contribution is 2.20. The van der Waals surface area contributed by atoms with Crippen LogP contribution in [-0.2, 0) is 11.3 Å². The Morgan fingerprint density at radius 1 is 1.18 bits per heavy atom. The quantitative estimate of drug-likeness (QED) is 0.603. The summed E-state index contributed by atoms with van der Waals surface area (Å²) in [5.41, 5.74) is 2.51. The van der Waals surface area contributed by atoms with Gasteiger partial charge in [-0.25, -0.2) is 4.98 Å². The molecule has 6 heteroatoms. The van der Waals surface area contributed by atoms with E-state index in [-0.39, 0.29) is 5.91 Å². The van der Waals surface area contributed by atoms with Gasteiger partial charge >= 0.3 is 0 Å². The van der Waals surface area contributed by atoms with Crippen LogP contribution in [0.2, 0.25) is 0 Å². The smallest absolute Gasteiger partial charge is 0.248 e. The van der Waals surface area contributed by atoms with Crippen LogP contribution in [0.15, 0.2) is 73.3 Å². The van der Waals surface area contributed by atoms with E-state index in [1.54, 1.807) is 25.7 Å². The van der Waals surface area contributed by atoms with Crippen LogP contribution < -0.4 is 14.8 Å². The van der Waals surface area contributed by atoms with Crippen LogP contribution in [0.4, 0.5) is 5.69 Å². The van der Waals surface area contributed by atoms with E-state index in [2.05, 4.69) is 10.3 Å². The van der Waals surface area contributed by atoms with Gasteiger partial charge in [0.2, 0.25) is 5.91 Å². The van der Waals surface area contributed by atoms with Gasteiger partial charge < -0.3 is 19.4 Å². The lowest BCUT2D eigenvalue weighted by Gasteiger charge is -2.08. The molecule has 0 radical (unpaired) electrons. The average Bonchev–Trinajstić information content (AvgIpc) is 3.23. The molecule has 0 saturated carbocycles. The van der Waals surface area contributed by atoms with Crippen molar-refractivity contribution in [1.82, 2.24) is 9.55 Å². The Kier molecular flexibility index (Phi) is 6.46. The third-order valence-electron chi connectivity index (χ3n) is 4.17. The predicted octanol–water partition coefficient (Wildman–Crippen LogP) is 4.01. The van der Waals surface area contributed by atoms with Crippen molar-refractivity contribution in [1.29, 1.82) is 0 Å². The molecule has 3 rings (SSSR count). The first-order valence-electron chi connectivity index (χ1n) is 8.96. The molecule has 6 nitrogen and oxygen atoms in total. The second-order valence-corrected chi connectivity index (χ2v) is 6.22. The first-order valence-corrected chi connectivity index (χ1v) is 8.96. The van der Waals surface area contributed by atoms with Gasteiger partial charge in [0.1, 0.15) is 18.1 Å². The van der Waals surface area contributed by atoms with Gasteiger partial charge in [-0.1, -0.05) is 12.1 Å². The number of aromatic nitrogens is 2. The van der Waals surface area contributed by atoms with E-state index in [1.165, 1.54) is 0 Å². The average molecular weight is 377 g/mol. The van der Waals surface area contributed by atoms with Crippen molar-refractivity contribution in [3.63, 3.8) is 0 Å². The summed E-state index contributed by atoms with van der Waals surface area (Å²) in [7, 11) is 1.62. The second kappa shape index (κ2) is 9.41. The molecule has 3 aromatic rings. The van der Waals surface area contributed by atoms with Gasteiger partial charge in [-0.15, -0.1) is 0 Å². The number of hydrogen-bond donors (Lipinski definition) is 1. The number of methoxy groups -OCH3 is 1. The van der Waals surface area contributed by atoms with Crippen molar-refractivity contribution in [2.45, 2.75) is 13.5 Å². The summed E-state index contributed by atoms with van der Waals surface area (Å²) in [6.45, 7) is 3.17. The number of nitrogens with zero attached hydrogens (tertiary/aromatic N) is 2. The molecule has 0 bridgehead atoms. The van der Waals surface area contributed by atoms with E-state index in [1.807, 2.05) is 66.2 Å². The zero-order valence-electron chi connectivity index (χ0n) is 16.0. The molecule has 0 saturated heterocycles. The van der Waals surface area contributed by atoms with Crippen molar-refractivity contribution in [3.8, 4) is 11.5 Å². The van der Waals surface area contributed by atoms with Crippen LogP contribution in [0.5, 0.6) is 11.5 Å². The number of carbonyl (C=O) groups excluding carboxylic acids is 1. The van der Waals surface area contributed by atoms with Gasteiger partial charge in [0.15, 0.2) is 0 Å². The van der Waals surface area contributed by atoms with Crippen molar-refractivity contribution in [2.24, 2.45) is 0 Å². The fourth-order valence-electron chi connectivity index (χ4n) is 2.65. The van der Waals surface area contributed by atoms with E-state index in [0.29, 0.717) is 12.3 Å². The third kappa shape index (κ3) is 5.48. The minimum atomic E-state index is -0.186. The SMILES string of the molecule is COc1cccc(/C(C)=C/C(=O)Nc2ccc(OCCn3ccnc3)cc2)c1. The molecule has 2 aromatic carbocycles. The highest BCUT2D eigenvalue weighted by atomic mass is 16.5. The monoisotopic (exact) mass is 377 g/mol. The highest BCUT2D eigenvalue weighted by Gasteiger charge is 2.04. The van der Waals surface area contributed by atoms with E-state index >= 15 is 0 Å². The summed E-state index contributed by atoms with van der Waals surface area (Å²) in [6.07, 6.45) is 6.96. The summed E-state index contributed by atoms with van der Waals surface area (Å²) in [4.78, 5) is 16.3. The lowest BCUT2D eigenvalue weighted by Crippen LogP contribution is -2.09. The second-order valence-electron chi connectivity index (χ2n) is 6.22. The number of imidazole rings is 1. The maximum Gasteiger partial charge on any atom is 0.248 e. The first-order chi connectivity index (χ1) is 13.6. The molecule has 0 unspecified atom stereocenters. The maximum absolute atomic E-state index is 12.3. The first kappa shape index (κ1) is 19.2. The van der Waals surface area contributed by atoms with Gasteiger partial charge in [0.25, 0.3) is 0 Å². The largest absolute Gasteiger partial charge is 0.497 e. The number of allylic oxidation sites excluding steroid dienone is 1. The van der Waals surface area contributed by atoms with E-state index in [9.17, 15) is 4.79 Å². The number of ether oxygens (including phenoxy) is 2.